The number of fused-ring (bicyclic) bond motifs is 1. The van der Waals surface area contributed by atoms with Crippen LogP contribution in [0.1, 0.15) is 12.8 Å². The van der Waals surface area contributed by atoms with Gasteiger partial charge < -0.3 is 15.4 Å². The second kappa shape index (κ2) is 4.39. The summed E-state index contributed by atoms with van der Waals surface area (Å²) in [7, 11) is 0. The zero-order valence-corrected chi connectivity index (χ0v) is 10.1. The van der Waals surface area contributed by atoms with Crippen LogP contribution in [-0.4, -0.2) is 26.3 Å². The second-order valence-corrected chi connectivity index (χ2v) is 5.10. The fourth-order valence-electron chi connectivity index (χ4n) is 2.65. The average Bonchev–Trinajstić information content (AvgIpc) is 2.56. The molecule has 0 unspecified atom stereocenters. The molecule has 0 radical (unpaired) electrons. The van der Waals surface area contributed by atoms with Crippen molar-refractivity contribution >= 4 is 11.4 Å². The molecule has 1 saturated heterocycles. The lowest BCUT2D eigenvalue weighted by molar-refractivity contribution is 0.0276. The molecule has 2 N–H and O–H groups in total. The molecule has 18 heavy (non-hydrogen) atoms. The molecule has 1 aromatic rings. The normalized spacial score (nSPS) is 21.7. The van der Waals surface area contributed by atoms with Crippen molar-refractivity contribution in [1.82, 2.24) is 0 Å². The lowest BCUT2D eigenvalue weighted by Gasteiger charge is -2.36. The first-order chi connectivity index (χ1) is 8.70. The van der Waals surface area contributed by atoms with E-state index in [4.69, 9.17) is 4.74 Å². The Labute approximate surface area is 105 Å². The van der Waals surface area contributed by atoms with Crippen LogP contribution in [0, 0.1) is 17.0 Å². The lowest BCUT2D eigenvalue weighted by atomic mass is 9.80. The Morgan fingerprint density at radius 3 is 2.56 bits per heavy atom. The number of benzene rings is 1. The van der Waals surface area contributed by atoms with Crippen molar-refractivity contribution in [2.45, 2.75) is 12.8 Å². The molecule has 0 atom stereocenters. The number of hydrogen-bond donors (Lipinski definition) is 2. The molecule has 0 amide bonds. The van der Waals surface area contributed by atoms with E-state index in [0.29, 0.717) is 12.2 Å². The van der Waals surface area contributed by atoms with Crippen LogP contribution in [0.15, 0.2) is 12.1 Å². The minimum Gasteiger partial charge on any atom is -0.383 e. The van der Waals surface area contributed by atoms with Gasteiger partial charge >= 0.3 is 0 Å². The Kier molecular flexibility index (Phi) is 2.86. The van der Waals surface area contributed by atoms with Crippen molar-refractivity contribution in [1.29, 1.82) is 0 Å². The third kappa shape index (κ3) is 1.92. The van der Waals surface area contributed by atoms with E-state index in [0.717, 1.165) is 38.7 Å². The van der Waals surface area contributed by atoms with Gasteiger partial charge in [-0.15, -0.1) is 0 Å². The summed E-state index contributed by atoms with van der Waals surface area (Å²) in [6, 6.07) is 2.74. The van der Waals surface area contributed by atoms with Gasteiger partial charge in [-0.05, 0) is 25.0 Å². The van der Waals surface area contributed by atoms with E-state index in [2.05, 4.69) is 10.6 Å². The van der Waals surface area contributed by atoms with Gasteiger partial charge in [-0.1, -0.05) is 0 Å². The quantitative estimate of drug-likeness (QED) is 0.746. The molecule has 2 aliphatic rings. The SMILES string of the molecule is Fc1ccc2c(c1F)NCC1(CCOCC1)CN2. The molecule has 0 aromatic heterocycles. The molecular weight excluding hydrogens is 238 g/mol. The minimum absolute atomic E-state index is 0.0696. The van der Waals surface area contributed by atoms with E-state index >= 15 is 0 Å². The molecular formula is C13H16F2N2O. The van der Waals surface area contributed by atoms with Crippen LogP contribution in [0.3, 0.4) is 0 Å². The maximum absolute atomic E-state index is 13.7. The zero-order valence-electron chi connectivity index (χ0n) is 10.1. The molecule has 0 bridgehead atoms. The van der Waals surface area contributed by atoms with E-state index in [-0.39, 0.29) is 11.1 Å². The van der Waals surface area contributed by atoms with Gasteiger partial charge in [0, 0.05) is 31.7 Å². The first-order valence-corrected chi connectivity index (χ1v) is 6.24. The maximum atomic E-state index is 13.7. The molecule has 1 aromatic carbocycles. The Bertz CT molecular complexity index is 459. The number of nitrogens with one attached hydrogen (secondary N) is 2. The Balaban J connectivity index is 1.88. The van der Waals surface area contributed by atoms with Gasteiger partial charge in [-0.2, -0.15) is 0 Å². The van der Waals surface area contributed by atoms with Crippen molar-refractivity contribution in [3.63, 3.8) is 0 Å². The Hall–Kier alpha value is -1.36. The highest BCUT2D eigenvalue weighted by atomic mass is 19.2. The maximum Gasteiger partial charge on any atom is 0.183 e. The van der Waals surface area contributed by atoms with Crippen molar-refractivity contribution in [3.8, 4) is 0 Å². The van der Waals surface area contributed by atoms with Crippen LogP contribution in [-0.2, 0) is 4.74 Å². The Morgan fingerprint density at radius 1 is 1.06 bits per heavy atom. The van der Waals surface area contributed by atoms with E-state index in [9.17, 15) is 8.78 Å². The minimum atomic E-state index is -0.814. The predicted molar refractivity (Wildman–Crippen MR) is 65.8 cm³/mol. The highest BCUT2D eigenvalue weighted by Crippen LogP contribution is 2.37. The second-order valence-electron chi connectivity index (χ2n) is 5.10. The Morgan fingerprint density at radius 2 is 1.78 bits per heavy atom. The van der Waals surface area contributed by atoms with Crippen LogP contribution in [0.2, 0.25) is 0 Å². The molecule has 98 valence electrons. The third-order valence-electron chi connectivity index (χ3n) is 3.94. The summed E-state index contributed by atoms with van der Waals surface area (Å²) in [5.41, 5.74) is 0.954. The van der Waals surface area contributed by atoms with Crippen molar-refractivity contribution in [2.75, 3.05) is 36.9 Å². The zero-order chi connectivity index (χ0) is 12.6. The monoisotopic (exact) mass is 254 g/mol. The number of rotatable bonds is 0. The van der Waals surface area contributed by atoms with Crippen LogP contribution in [0.5, 0.6) is 0 Å². The third-order valence-corrected chi connectivity index (χ3v) is 3.94. The van der Waals surface area contributed by atoms with E-state index < -0.39 is 11.6 Å². The van der Waals surface area contributed by atoms with E-state index in [1.165, 1.54) is 0 Å². The van der Waals surface area contributed by atoms with E-state index in [1.54, 1.807) is 6.07 Å². The number of anilines is 2. The molecule has 1 fully saturated rings. The largest absolute Gasteiger partial charge is 0.383 e. The fourth-order valence-corrected chi connectivity index (χ4v) is 2.65. The van der Waals surface area contributed by atoms with Crippen LogP contribution < -0.4 is 10.6 Å². The lowest BCUT2D eigenvalue weighted by Crippen LogP contribution is -2.40. The summed E-state index contributed by atoms with van der Waals surface area (Å²) in [4.78, 5) is 0. The van der Waals surface area contributed by atoms with Gasteiger partial charge in [0.2, 0.25) is 0 Å². The predicted octanol–water partition coefficient (Wildman–Crippen LogP) is 2.60. The molecule has 0 aliphatic carbocycles. The van der Waals surface area contributed by atoms with Crippen molar-refractivity contribution in [2.24, 2.45) is 5.41 Å². The summed E-state index contributed by atoms with van der Waals surface area (Å²) in [6.07, 6.45) is 1.87. The summed E-state index contributed by atoms with van der Waals surface area (Å²) < 4.78 is 32.3. The van der Waals surface area contributed by atoms with Gasteiger partial charge in [0.15, 0.2) is 11.6 Å². The van der Waals surface area contributed by atoms with Crippen LogP contribution in [0.4, 0.5) is 20.2 Å². The van der Waals surface area contributed by atoms with E-state index in [1.807, 2.05) is 0 Å². The van der Waals surface area contributed by atoms with Crippen LogP contribution in [0.25, 0.3) is 0 Å². The summed E-state index contributed by atoms with van der Waals surface area (Å²) in [5.74, 6) is -1.62. The number of hydrogen-bond acceptors (Lipinski definition) is 3. The van der Waals surface area contributed by atoms with Gasteiger partial charge in [0.25, 0.3) is 0 Å². The molecule has 2 aliphatic heterocycles. The molecule has 0 saturated carbocycles. The molecule has 3 rings (SSSR count). The molecule has 5 heteroatoms. The van der Waals surface area contributed by atoms with Crippen LogP contribution >= 0.6 is 0 Å². The molecule has 1 spiro atoms. The average molecular weight is 254 g/mol. The summed E-state index contributed by atoms with van der Waals surface area (Å²) >= 11 is 0. The first kappa shape index (κ1) is 11.7. The number of halogens is 2. The van der Waals surface area contributed by atoms with Crippen molar-refractivity contribution < 1.29 is 13.5 Å². The smallest absolute Gasteiger partial charge is 0.183 e. The van der Waals surface area contributed by atoms with Gasteiger partial charge in [0.05, 0.1) is 11.4 Å². The topological polar surface area (TPSA) is 33.3 Å². The van der Waals surface area contributed by atoms with Crippen molar-refractivity contribution in [3.05, 3.63) is 23.8 Å². The molecule has 2 heterocycles. The number of ether oxygens (including phenoxy) is 1. The summed E-state index contributed by atoms with van der Waals surface area (Å²) in [5, 5.41) is 6.29. The van der Waals surface area contributed by atoms with Gasteiger partial charge in [-0.3, -0.25) is 0 Å². The summed E-state index contributed by atoms with van der Waals surface area (Å²) in [6.45, 7) is 2.88. The fraction of sp³-hybridized carbons (Fsp3) is 0.538. The molecule has 3 nitrogen and oxygen atoms in total. The standard InChI is InChI=1S/C13H16F2N2O/c14-9-1-2-10-12(11(9)15)17-8-13(7-16-10)3-5-18-6-4-13/h1-2,16-17H,3-8H2. The highest BCUT2D eigenvalue weighted by molar-refractivity contribution is 5.70. The highest BCUT2D eigenvalue weighted by Gasteiger charge is 2.35. The van der Waals surface area contributed by atoms with Gasteiger partial charge in [-0.25, -0.2) is 8.78 Å². The first-order valence-electron chi connectivity index (χ1n) is 6.24. The van der Waals surface area contributed by atoms with Gasteiger partial charge in [0.1, 0.15) is 0 Å².